The number of ether oxygens (including phenoxy) is 1. The van der Waals surface area contributed by atoms with Crippen LogP contribution in [0.1, 0.15) is 54.4 Å². The van der Waals surface area contributed by atoms with Crippen LogP contribution < -0.4 is 0 Å². The minimum atomic E-state index is -1.80. The van der Waals surface area contributed by atoms with Gasteiger partial charge in [-0.15, -0.1) is 0 Å². The van der Waals surface area contributed by atoms with E-state index in [2.05, 4.69) is 41.5 Å². The molecule has 0 saturated heterocycles. The monoisotopic (exact) mass is 318 g/mol. The average Bonchev–Trinajstić information content (AvgIpc) is 3.02. The molecule has 0 heterocycles. The lowest BCUT2D eigenvalue weighted by Gasteiger charge is -2.42. The van der Waals surface area contributed by atoms with E-state index in [9.17, 15) is 5.11 Å². The van der Waals surface area contributed by atoms with Gasteiger partial charge in [0.1, 0.15) is 0 Å². The maximum Gasteiger partial charge on any atom is 0.200 e. The van der Waals surface area contributed by atoms with Gasteiger partial charge < -0.3 is 19.4 Å². The lowest BCUT2D eigenvalue weighted by Crippen LogP contribution is -2.48. The molecule has 1 aliphatic rings. The van der Waals surface area contributed by atoms with Crippen LogP contribution in [-0.4, -0.2) is 44.1 Å². The van der Waals surface area contributed by atoms with Crippen molar-refractivity contribution in [2.75, 3.05) is 19.8 Å². The summed E-state index contributed by atoms with van der Waals surface area (Å²) in [7, 11) is -1.80. The molecule has 1 rings (SSSR count). The Kier molecular flexibility index (Phi) is 6.87. The summed E-state index contributed by atoms with van der Waals surface area (Å²) in [5.74, 6) is -0.855. The largest absolute Gasteiger partial charge is 0.416 e. The van der Waals surface area contributed by atoms with Gasteiger partial charge in [-0.2, -0.15) is 0 Å². The van der Waals surface area contributed by atoms with Crippen molar-refractivity contribution in [1.82, 2.24) is 0 Å². The van der Waals surface area contributed by atoms with Crippen LogP contribution in [0.15, 0.2) is 0 Å². The van der Waals surface area contributed by atoms with Gasteiger partial charge in [-0.25, -0.2) is 0 Å². The maximum atomic E-state index is 10.1. The summed E-state index contributed by atoms with van der Waals surface area (Å²) in [6.07, 6.45) is 1.50. The van der Waals surface area contributed by atoms with Crippen molar-refractivity contribution in [1.29, 1.82) is 0 Å². The minimum absolute atomic E-state index is 0.0460. The van der Waals surface area contributed by atoms with E-state index in [4.69, 9.17) is 14.3 Å². The molecule has 0 aliphatic heterocycles. The molecular weight excluding hydrogens is 284 g/mol. The summed E-state index contributed by atoms with van der Waals surface area (Å²) in [5, 5.41) is 18.9. The molecule has 5 heteroatoms. The van der Waals surface area contributed by atoms with Crippen LogP contribution in [0.4, 0.5) is 0 Å². The normalized spacial score (nSPS) is 26.1. The van der Waals surface area contributed by atoms with Crippen molar-refractivity contribution in [3.63, 3.8) is 0 Å². The second kappa shape index (κ2) is 7.55. The first kappa shape index (κ1) is 19.1. The standard InChI is InChI=1S/C16H34O4Si/c1-12(2)21(13(3)4,14(5)6)20-9-7-15-11-16(15,18)19-10-8-17/h12-15,17-18H,7-11H2,1-6H3/t15?,16-/m1/s1. The van der Waals surface area contributed by atoms with Crippen LogP contribution in [0.25, 0.3) is 0 Å². The Morgan fingerprint density at radius 2 is 1.57 bits per heavy atom. The van der Waals surface area contributed by atoms with Crippen molar-refractivity contribution in [3.8, 4) is 0 Å². The first-order valence-corrected chi connectivity index (χ1v) is 10.5. The Balaban J connectivity index is 2.49. The third-order valence-electron chi connectivity index (χ3n) is 4.99. The van der Waals surface area contributed by atoms with Crippen LogP contribution in [0.3, 0.4) is 0 Å². The molecule has 0 spiro atoms. The van der Waals surface area contributed by atoms with Gasteiger partial charge >= 0.3 is 0 Å². The topological polar surface area (TPSA) is 58.9 Å². The first-order chi connectivity index (χ1) is 9.70. The van der Waals surface area contributed by atoms with E-state index in [1.54, 1.807) is 0 Å². The molecule has 4 nitrogen and oxygen atoms in total. The van der Waals surface area contributed by atoms with E-state index in [0.717, 1.165) is 6.42 Å². The molecule has 0 amide bonds. The molecule has 1 saturated carbocycles. The fourth-order valence-corrected chi connectivity index (χ4v) is 9.37. The zero-order valence-corrected chi connectivity index (χ0v) is 15.6. The quantitative estimate of drug-likeness (QED) is 0.479. The van der Waals surface area contributed by atoms with Gasteiger partial charge in [0.15, 0.2) is 14.1 Å². The predicted octanol–water partition coefficient (Wildman–Crippen LogP) is 3.29. The van der Waals surface area contributed by atoms with E-state index in [-0.39, 0.29) is 19.1 Å². The van der Waals surface area contributed by atoms with Gasteiger partial charge in [0.05, 0.1) is 13.2 Å². The molecule has 1 fully saturated rings. The molecule has 0 radical (unpaired) electrons. The molecule has 21 heavy (non-hydrogen) atoms. The number of rotatable bonds is 10. The van der Waals surface area contributed by atoms with Gasteiger partial charge in [0.2, 0.25) is 0 Å². The third-order valence-corrected chi connectivity index (χ3v) is 11.1. The van der Waals surface area contributed by atoms with E-state index in [0.29, 0.717) is 29.7 Å². The van der Waals surface area contributed by atoms with Crippen LogP contribution in [0.5, 0.6) is 0 Å². The van der Waals surface area contributed by atoms with Crippen LogP contribution in [0.2, 0.25) is 16.6 Å². The van der Waals surface area contributed by atoms with E-state index in [1.807, 2.05) is 0 Å². The van der Waals surface area contributed by atoms with E-state index < -0.39 is 14.1 Å². The average molecular weight is 319 g/mol. The van der Waals surface area contributed by atoms with E-state index >= 15 is 0 Å². The van der Waals surface area contributed by atoms with Crippen LogP contribution >= 0.6 is 0 Å². The molecule has 2 N–H and O–H groups in total. The van der Waals surface area contributed by atoms with Crippen LogP contribution in [-0.2, 0) is 9.16 Å². The predicted molar refractivity (Wildman–Crippen MR) is 87.7 cm³/mol. The smallest absolute Gasteiger partial charge is 0.200 e. The number of aliphatic hydroxyl groups excluding tert-OH is 1. The summed E-state index contributed by atoms with van der Waals surface area (Å²) in [6.45, 7) is 14.6. The zero-order valence-electron chi connectivity index (χ0n) is 14.6. The molecule has 0 aromatic heterocycles. The second-order valence-corrected chi connectivity index (χ2v) is 12.7. The highest BCUT2D eigenvalue weighted by molar-refractivity contribution is 6.77. The molecule has 0 aromatic carbocycles. The second-order valence-electron chi connectivity index (χ2n) is 7.27. The number of hydrogen-bond acceptors (Lipinski definition) is 4. The third kappa shape index (κ3) is 4.29. The Bertz CT molecular complexity index is 298. The molecule has 1 unspecified atom stereocenters. The van der Waals surface area contributed by atoms with Crippen molar-refractivity contribution in [2.24, 2.45) is 5.92 Å². The van der Waals surface area contributed by atoms with Crippen molar-refractivity contribution in [2.45, 2.75) is 76.8 Å². The Morgan fingerprint density at radius 3 is 2.00 bits per heavy atom. The zero-order chi connectivity index (χ0) is 16.3. The van der Waals surface area contributed by atoms with Gasteiger partial charge in [0, 0.05) is 18.9 Å². The van der Waals surface area contributed by atoms with Gasteiger partial charge in [0.25, 0.3) is 0 Å². The number of hydrogen-bond donors (Lipinski definition) is 2. The molecule has 2 atom stereocenters. The summed E-state index contributed by atoms with van der Waals surface area (Å²) < 4.78 is 11.8. The number of aliphatic hydroxyl groups is 2. The SMILES string of the molecule is CC(C)[Si](OCCC1C[C@@]1(O)OCCO)(C(C)C)C(C)C. The van der Waals surface area contributed by atoms with Gasteiger partial charge in [-0.3, -0.25) is 0 Å². The van der Waals surface area contributed by atoms with Crippen molar-refractivity contribution in [3.05, 3.63) is 0 Å². The maximum absolute atomic E-state index is 10.1. The Labute approximate surface area is 131 Å². The first-order valence-electron chi connectivity index (χ1n) is 8.31. The summed E-state index contributed by atoms with van der Waals surface area (Å²) in [4.78, 5) is 0. The molecule has 126 valence electrons. The lowest BCUT2D eigenvalue weighted by atomic mass is 10.3. The molecule has 0 bridgehead atoms. The van der Waals surface area contributed by atoms with Gasteiger partial charge in [-0.1, -0.05) is 41.5 Å². The van der Waals surface area contributed by atoms with Crippen molar-refractivity contribution >= 4 is 8.32 Å². The summed E-state index contributed by atoms with van der Waals surface area (Å²) >= 11 is 0. The van der Waals surface area contributed by atoms with Crippen molar-refractivity contribution < 1.29 is 19.4 Å². The van der Waals surface area contributed by atoms with Crippen LogP contribution in [0, 0.1) is 5.92 Å². The highest BCUT2D eigenvalue weighted by Crippen LogP contribution is 2.48. The fourth-order valence-electron chi connectivity index (χ4n) is 3.90. The van der Waals surface area contributed by atoms with Gasteiger partial charge in [-0.05, 0) is 23.0 Å². The lowest BCUT2D eigenvalue weighted by molar-refractivity contribution is -0.143. The highest BCUT2D eigenvalue weighted by atomic mass is 28.4. The fraction of sp³-hybridized carbons (Fsp3) is 1.00. The summed E-state index contributed by atoms with van der Waals surface area (Å²) in [6, 6.07) is 0. The Morgan fingerprint density at radius 1 is 1.05 bits per heavy atom. The molecule has 0 aromatic rings. The minimum Gasteiger partial charge on any atom is -0.416 e. The summed E-state index contributed by atoms with van der Waals surface area (Å²) in [5.41, 5.74) is 1.75. The Hall–Kier alpha value is 0.0569. The van der Waals surface area contributed by atoms with E-state index in [1.165, 1.54) is 0 Å². The highest BCUT2D eigenvalue weighted by Gasteiger charge is 2.54. The molecule has 1 aliphatic carbocycles. The molecular formula is C16H34O4Si.